The molecular formula is C24H26N6O2S. The molecule has 1 N–H and O–H groups in total. The highest BCUT2D eigenvalue weighted by molar-refractivity contribution is 7.91. The number of hydrogen-bond donors (Lipinski definition) is 1. The maximum atomic E-state index is 13.8. The molecule has 1 aromatic carbocycles. The van der Waals surface area contributed by atoms with Gasteiger partial charge in [0.05, 0.1) is 11.0 Å². The number of aromatic amines is 1. The molecule has 0 atom stereocenters. The third-order valence-corrected chi connectivity index (χ3v) is 8.36. The summed E-state index contributed by atoms with van der Waals surface area (Å²) in [5, 5.41) is 12.1. The number of aromatic nitrogens is 4. The van der Waals surface area contributed by atoms with E-state index in [1.54, 1.807) is 31.3 Å². The number of nitriles is 1. The SMILES string of the molecule is CCc1nc2c(S(=O)(=O)c3ccccc3C)nc3[nH]ccc3c2n1N1CCC(CC#N)CC1. The number of benzene rings is 1. The molecule has 33 heavy (non-hydrogen) atoms. The predicted molar refractivity (Wildman–Crippen MR) is 126 cm³/mol. The lowest BCUT2D eigenvalue weighted by Gasteiger charge is -2.34. The zero-order chi connectivity index (χ0) is 23.2. The lowest BCUT2D eigenvalue weighted by Crippen LogP contribution is -2.42. The summed E-state index contributed by atoms with van der Waals surface area (Å²) in [7, 11) is -3.89. The molecule has 0 saturated carbocycles. The Kier molecular flexibility index (Phi) is 5.33. The highest BCUT2D eigenvalue weighted by atomic mass is 32.2. The molecular weight excluding hydrogens is 436 g/mol. The third-order valence-electron chi connectivity index (χ3n) is 6.53. The van der Waals surface area contributed by atoms with Crippen molar-refractivity contribution in [1.29, 1.82) is 5.26 Å². The van der Waals surface area contributed by atoms with E-state index in [1.807, 2.05) is 19.1 Å². The summed E-state index contributed by atoms with van der Waals surface area (Å²) in [5.41, 5.74) is 2.37. The number of H-pyrrole nitrogens is 1. The van der Waals surface area contributed by atoms with Crippen LogP contribution in [0.1, 0.15) is 37.6 Å². The van der Waals surface area contributed by atoms with E-state index in [9.17, 15) is 8.42 Å². The minimum absolute atomic E-state index is 0.0189. The molecule has 3 aromatic heterocycles. The van der Waals surface area contributed by atoms with Crippen molar-refractivity contribution in [3.05, 3.63) is 47.9 Å². The van der Waals surface area contributed by atoms with Gasteiger partial charge >= 0.3 is 0 Å². The van der Waals surface area contributed by atoms with Gasteiger partial charge in [0.2, 0.25) is 9.84 Å². The number of fused-ring (bicyclic) bond motifs is 3. The summed E-state index contributed by atoms with van der Waals surface area (Å²) in [6.07, 6.45) is 4.86. The average Bonchev–Trinajstić information content (AvgIpc) is 3.43. The van der Waals surface area contributed by atoms with Crippen LogP contribution in [-0.2, 0) is 16.3 Å². The fraction of sp³-hybridized carbons (Fsp3) is 0.375. The number of aryl methyl sites for hydroxylation is 2. The summed E-state index contributed by atoms with van der Waals surface area (Å²) in [5.74, 6) is 1.21. The van der Waals surface area contributed by atoms with E-state index in [0.717, 1.165) is 42.7 Å². The maximum absolute atomic E-state index is 13.8. The molecule has 170 valence electrons. The smallest absolute Gasteiger partial charge is 0.226 e. The van der Waals surface area contributed by atoms with E-state index in [2.05, 4.69) is 25.7 Å². The zero-order valence-corrected chi connectivity index (χ0v) is 19.6. The van der Waals surface area contributed by atoms with E-state index in [0.29, 0.717) is 35.5 Å². The van der Waals surface area contributed by atoms with Gasteiger partial charge in [-0.3, -0.25) is 0 Å². The van der Waals surface area contributed by atoms with Crippen LogP contribution in [-0.4, -0.2) is 41.1 Å². The Morgan fingerprint density at radius 1 is 1.18 bits per heavy atom. The second kappa shape index (κ2) is 8.19. The standard InChI is InChI=1S/C24H26N6O2S/c1-3-20-27-21-22(30(20)29-14-10-17(8-12-25)11-15-29)18-9-13-26-23(18)28-24(21)33(31,32)19-7-5-4-6-16(19)2/h4-7,9,13,17H,3,8,10-11,14-15H2,1-2H3,(H,26,28). The van der Waals surface area contributed by atoms with Crippen molar-refractivity contribution in [3.8, 4) is 6.07 Å². The van der Waals surface area contributed by atoms with Crippen molar-refractivity contribution in [1.82, 2.24) is 19.6 Å². The van der Waals surface area contributed by atoms with Gasteiger partial charge < -0.3 is 9.99 Å². The van der Waals surface area contributed by atoms with Crippen molar-refractivity contribution >= 4 is 31.9 Å². The molecule has 0 unspecified atom stereocenters. The van der Waals surface area contributed by atoms with Crippen molar-refractivity contribution < 1.29 is 8.42 Å². The Labute approximate surface area is 192 Å². The number of piperidine rings is 1. The average molecular weight is 463 g/mol. The number of nitrogens with one attached hydrogen (secondary N) is 1. The van der Waals surface area contributed by atoms with Crippen molar-refractivity contribution in [2.24, 2.45) is 5.92 Å². The number of nitrogens with zero attached hydrogens (tertiary/aromatic N) is 5. The normalized spacial score (nSPS) is 15.4. The van der Waals surface area contributed by atoms with E-state index >= 15 is 0 Å². The fourth-order valence-electron chi connectivity index (χ4n) is 4.78. The first-order valence-corrected chi connectivity index (χ1v) is 12.7. The van der Waals surface area contributed by atoms with Gasteiger partial charge in [0.1, 0.15) is 22.5 Å². The molecule has 1 fully saturated rings. The Hall–Kier alpha value is -3.38. The lowest BCUT2D eigenvalue weighted by atomic mass is 9.95. The number of rotatable bonds is 5. The van der Waals surface area contributed by atoms with Crippen LogP contribution >= 0.6 is 0 Å². The molecule has 0 bridgehead atoms. The van der Waals surface area contributed by atoms with Gasteiger partial charge in [-0.1, -0.05) is 25.1 Å². The molecule has 9 heteroatoms. The van der Waals surface area contributed by atoms with E-state index < -0.39 is 9.84 Å². The molecule has 1 aliphatic heterocycles. The maximum Gasteiger partial charge on any atom is 0.226 e. The molecule has 0 amide bonds. The lowest BCUT2D eigenvalue weighted by molar-refractivity contribution is 0.368. The van der Waals surface area contributed by atoms with Gasteiger partial charge in [-0.15, -0.1) is 0 Å². The molecule has 4 aromatic rings. The van der Waals surface area contributed by atoms with Crippen LogP contribution in [0.4, 0.5) is 0 Å². The zero-order valence-electron chi connectivity index (χ0n) is 18.7. The molecule has 1 aliphatic rings. The van der Waals surface area contributed by atoms with Gasteiger partial charge in [0.25, 0.3) is 0 Å². The number of pyridine rings is 1. The quantitative estimate of drug-likeness (QED) is 0.482. The highest BCUT2D eigenvalue weighted by Crippen LogP contribution is 2.34. The van der Waals surface area contributed by atoms with Crippen LogP contribution in [0.25, 0.3) is 22.1 Å². The van der Waals surface area contributed by atoms with Gasteiger partial charge in [0, 0.05) is 37.5 Å². The van der Waals surface area contributed by atoms with Crippen LogP contribution in [0.2, 0.25) is 0 Å². The first-order valence-electron chi connectivity index (χ1n) is 11.3. The molecule has 0 spiro atoms. The van der Waals surface area contributed by atoms with E-state index in [1.165, 1.54) is 0 Å². The number of hydrogen-bond acceptors (Lipinski definition) is 6. The predicted octanol–water partition coefficient (Wildman–Crippen LogP) is 3.88. The molecule has 0 aliphatic carbocycles. The minimum Gasteiger partial charge on any atom is -0.346 e. The van der Waals surface area contributed by atoms with Crippen LogP contribution in [0, 0.1) is 24.2 Å². The Morgan fingerprint density at radius 3 is 2.64 bits per heavy atom. The minimum atomic E-state index is -3.89. The summed E-state index contributed by atoms with van der Waals surface area (Å²) in [4.78, 5) is 12.7. The van der Waals surface area contributed by atoms with Gasteiger partial charge in [0.15, 0.2) is 5.03 Å². The summed E-state index contributed by atoms with van der Waals surface area (Å²) < 4.78 is 29.6. The van der Waals surface area contributed by atoms with E-state index in [4.69, 9.17) is 10.2 Å². The first kappa shape index (κ1) is 21.5. The second-order valence-electron chi connectivity index (χ2n) is 8.58. The van der Waals surface area contributed by atoms with Gasteiger partial charge in [-0.05, 0) is 43.4 Å². The Balaban J connectivity index is 1.74. The van der Waals surface area contributed by atoms with Crippen molar-refractivity contribution in [3.63, 3.8) is 0 Å². The molecule has 8 nitrogen and oxygen atoms in total. The topological polar surface area (TPSA) is 108 Å². The molecule has 5 rings (SSSR count). The Bertz CT molecular complexity index is 1490. The monoisotopic (exact) mass is 462 g/mol. The third kappa shape index (κ3) is 3.45. The summed E-state index contributed by atoms with van der Waals surface area (Å²) >= 11 is 0. The van der Waals surface area contributed by atoms with Gasteiger partial charge in [-0.25, -0.2) is 23.1 Å². The molecule has 1 saturated heterocycles. The largest absolute Gasteiger partial charge is 0.346 e. The first-order chi connectivity index (χ1) is 16.0. The molecule has 0 radical (unpaired) electrons. The highest BCUT2D eigenvalue weighted by Gasteiger charge is 2.31. The fourth-order valence-corrected chi connectivity index (χ4v) is 6.35. The Morgan fingerprint density at radius 2 is 1.94 bits per heavy atom. The van der Waals surface area contributed by atoms with Crippen LogP contribution in [0.5, 0.6) is 0 Å². The number of imidazole rings is 1. The van der Waals surface area contributed by atoms with Crippen molar-refractivity contribution in [2.75, 3.05) is 18.1 Å². The molecule has 4 heterocycles. The van der Waals surface area contributed by atoms with Crippen LogP contribution < -0.4 is 5.01 Å². The van der Waals surface area contributed by atoms with E-state index in [-0.39, 0.29) is 9.92 Å². The second-order valence-corrected chi connectivity index (χ2v) is 10.4. The van der Waals surface area contributed by atoms with Crippen molar-refractivity contribution in [2.45, 2.75) is 49.5 Å². The summed E-state index contributed by atoms with van der Waals surface area (Å²) in [6, 6.07) is 11.2. The van der Waals surface area contributed by atoms with Crippen LogP contribution in [0.3, 0.4) is 0 Å². The number of sulfone groups is 1. The van der Waals surface area contributed by atoms with Crippen LogP contribution in [0.15, 0.2) is 46.5 Å². The van der Waals surface area contributed by atoms with Gasteiger partial charge in [-0.2, -0.15) is 5.26 Å². The summed E-state index contributed by atoms with van der Waals surface area (Å²) in [6.45, 7) is 5.40.